The third-order valence-electron chi connectivity index (χ3n) is 5.39. The zero-order valence-electron chi connectivity index (χ0n) is 18.0. The normalized spacial score (nSPS) is 14.3. The lowest BCUT2D eigenvalue weighted by atomic mass is 10.1. The third-order valence-corrected chi connectivity index (χ3v) is 5.39. The molecule has 0 radical (unpaired) electrons. The fourth-order valence-corrected chi connectivity index (χ4v) is 3.75. The number of imidazole rings is 1. The van der Waals surface area contributed by atoms with Crippen molar-refractivity contribution in [3.05, 3.63) is 84.4 Å². The molecule has 2 aromatic carbocycles. The van der Waals surface area contributed by atoms with Crippen LogP contribution < -0.4 is 10.2 Å². The molecule has 1 aliphatic rings. The largest absolute Gasteiger partial charge is 0.368 e. The van der Waals surface area contributed by atoms with Crippen molar-refractivity contribution in [2.75, 3.05) is 37.6 Å². The van der Waals surface area contributed by atoms with E-state index in [0.29, 0.717) is 6.54 Å². The zero-order chi connectivity index (χ0) is 20.6. The monoisotopic (exact) mass is 530 g/mol. The van der Waals surface area contributed by atoms with Gasteiger partial charge in [0, 0.05) is 57.3 Å². The average Bonchev–Trinajstić information content (AvgIpc) is 3.31. The van der Waals surface area contributed by atoms with Crippen molar-refractivity contribution in [1.82, 2.24) is 19.8 Å². The fourth-order valence-electron chi connectivity index (χ4n) is 3.75. The lowest BCUT2D eigenvalue weighted by Gasteiger charge is -2.37. The van der Waals surface area contributed by atoms with Crippen LogP contribution in [0.2, 0.25) is 0 Å². The molecule has 1 aromatic heterocycles. The zero-order valence-corrected chi connectivity index (χ0v) is 20.4. The summed E-state index contributed by atoms with van der Waals surface area (Å²) in [6, 6.07) is 19.4. The van der Waals surface area contributed by atoms with Gasteiger partial charge >= 0.3 is 0 Å². The Kier molecular flexibility index (Phi) is 8.75. The summed E-state index contributed by atoms with van der Waals surface area (Å²) in [5, 5.41) is 3.47. The molecule has 6 nitrogen and oxygen atoms in total. The van der Waals surface area contributed by atoms with Crippen LogP contribution in [0.4, 0.5) is 5.69 Å². The molecule has 4 rings (SSSR count). The fraction of sp³-hybridized carbons (Fsp3) is 0.333. The summed E-state index contributed by atoms with van der Waals surface area (Å²) in [6.07, 6.45) is 5.64. The number of piperazine rings is 1. The number of aromatic nitrogens is 2. The first-order chi connectivity index (χ1) is 14.8. The highest BCUT2D eigenvalue weighted by molar-refractivity contribution is 14.0. The lowest BCUT2D eigenvalue weighted by molar-refractivity contribution is 0.372. The minimum Gasteiger partial charge on any atom is -0.368 e. The van der Waals surface area contributed by atoms with E-state index in [0.717, 1.165) is 45.2 Å². The van der Waals surface area contributed by atoms with Crippen molar-refractivity contribution in [1.29, 1.82) is 0 Å². The van der Waals surface area contributed by atoms with Crippen molar-refractivity contribution in [3.8, 4) is 0 Å². The van der Waals surface area contributed by atoms with Gasteiger partial charge in [0.05, 0.1) is 12.9 Å². The van der Waals surface area contributed by atoms with Crippen LogP contribution in [0.15, 0.2) is 78.3 Å². The molecule has 1 aliphatic heterocycles. The summed E-state index contributed by atoms with van der Waals surface area (Å²) in [4.78, 5) is 13.8. The van der Waals surface area contributed by atoms with E-state index in [1.807, 2.05) is 18.7 Å². The predicted octanol–water partition coefficient (Wildman–Crippen LogP) is 3.84. The van der Waals surface area contributed by atoms with Crippen molar-refractivity contribution in [3.63, 3.8) is 0 Å². The Morgan fingerprint density at radius 1 is 0.968 bits per heavy atom. The summed E-state index contributed by atoms with van der Waals surface area (Å²) < 4.78 is 2.07. The molecule has 1 fully saturated rings. The van der Waals surface area contributed by atoms with E-state index in [-0.39, 0.29) is 24.0 Å². The van der Waals surface area contributed by atoms with E-state index >= 15 is 0 Å². The van der Waals surface area contributed by atoms with E-state index in [4.69, 9.17) is 4.99 Å². The number of rotatable bonds is 6. The molecule has 0 spiro atoms. The van der Waals surface area contributed by atoms with Gasteiger partial charge in [0.2, 0.25) is 0 Å². The number of halogens is 1. The molecule has 7 heteroatoms. The highest BCUT2D eigenvalue weighted by Crippen LogP contribution is 2.16. The van der Waals surface area contributed by atoms with Crippen molar-refractivity contribution in [2.24, 2.45) is 4.99 Å². The molecule has 164 valence electrons. The average molecular weight is 530 g/mol. The van der Waals surface area contributed by atoms with Crippen molar-refractivity contribution < 1.29 is 0 Å². The van der Waals surface area contributed by atoms with Gasteiger partial charge in [-0.1, -0.05) is 42.5 Å². The quantitative estimate of drug-likeness (QED) is 0.299. The molecular formula is C24H31IN6. The Bertz CT molecular complexity index is 916. The van der Waals surface area contributed by atoms with Crippen LogP contribution in [0.5, 0.6) is 0 Å². The lowest BCUT2D eigenvalue weighted by Crippen LogP contribution is -2.52. The smallest absolute Gasteiger partial charge is 0.194 e. The molecule has 1 saturated heterocycles. The topological polar surface area (TPSA) is 48.7 Å². The summed E-state index contributed by atoms with van der Waals surface area (Å²) in [5.74, 6) is 1.01. The van der Waals surface area contributed by atoms with Crippen LogP contribution >= 0.6 is 24.0 Å². The second-order valence-electron chi connectivity index (χ2n) is 7.53. The maximum absolute atomic E-state index is 4.91. The van der Waals surface area contributed by atoms with E-state index in [1.54, 1.807) is 0 Å². The molecule has 0 bridgehead atoms. The number of para-hydroxylation sites is 1. The molecule has 0 amide bonds. The number of nitrogens with one attached hydrogen (secondary N) is 1. The molecule has 3 aromatic rings. The maximum Gasteiger partial charge on any atom is 0.194 e. The van der Waals surface area contributed by atoms with Gasteiger partial charge in [0.25, 0.3) is 0 Å². The molecule has 2 heterocycles. The van der Waals surface area contributed by atoms with Crippen LogP contribution in [0.3, 0.4) is 0 Å². The SMILES string of the molecule is CCNC(=NCc1ccc(Cn2ccnc2)cc1)N1CCN(c2ccccc2)CC1.I. The predicted molar refractivity (Wildman–Crippen MR) is 138 cm³/mol. The standard InChI is InChI=1S/C24H30N6.HI/c1-2-26-24(30-16-14-29(15-17-30)23-6-4-3-5-7-23)27-18-21-8-10-22(11-9-21)19-28-13-12-25-20-28;/h3-13,20H,2,14-19H2,1H3,(H,26,27);1H. The molecule has 0 aliphatic carbocycles. The Balaban J connectivity index is 0.00000272. The van der Waals surface area contributed by atoms with Gasteiger partial charge in [-0.05, 0) is 30.2 Å². The van der Waals surface area contributed by atoms with Gasteiger partial charge in [-0.3, -0.25) is 0 Å². The van der Waals surface area contributed by atoms with Gasteiger partial charge in [0.15, 0.2) is 5.96 Å². The number of hydrogen-bond donors (Lipinski definition) is 1. The third kappa shape index (κ3) is 6.46. The number of aliphatic imine (C=N–C) groups is 1. The van der Waals surface area contributed by atoms with E-state index in [2.05, 4.69) is 86.2 Å². The first-order valence-electron chi connectivity index (χ1n) is 10.7. The van der Waals surface area contributed by atoms with Gasteiger partial charge in [-0.15, -0.1) is 24.0 Å². The van der Waals surface area contributed by atoms with Gasteiger partial charge < -0.3 is 19.7 Å². The minimum atomic E-state index is 0. The molecule has 1 N–H and O–H groups in total. The van der Waals surface area contributed by atoms with Crippen LogP contribution in [0, 0.1) is 0 Å². The molecule has 31 heavy (non-hydrogen) atoms. The first-order valence-corrected chi connectivity index (χ1v) is 10.7. The highest BCUT2D eigenvalue weighted by Gasteiger charge is 2.19. The number of guanidine groups is 1. The summed E-state index contributed by atoms with van der Waals surface area (Å²) in [7, 11) is 0. The van der Waals surface area contributed by atoms with Gasteiger partial charge in [-0.2, -0.15) is 0 Å². The summed E-state index contributed by atoms with van der Waals surface area (Å²) in [5.41, 5.74) is 3.79. The number of hydrogen-bond acceptors (Lipinski definition) is 3. The molecule has 0 atom stereocenters. The van der Waals surface area contributed by atoms with Gasteiger partial charge in [-0.25, -0.2) is 9.98 Å². The second-order valence-corrected chi connectivity index (χ2v) is 7.53. The minimum absolute atomic E-state index is 0. The Hall–Kier alpha value is -2.55. The molecule has 0 saturated carbocycles. The Morgan fingerprint density at radius 2 is 1.68 bits per heavy atom. The first kappa shape index (κ1) is 23.1. The molecular weight excluding hydrogens is 499 g/mol. The Morgan fingerprint density at radius 3 is 2.32 bits per heavy atom. The highest BCUT2D eigenvalue weighted by atomic mass is 127. The number of benzene rings is 2. The van der Waals surface area contributed by atoms with Crippen molar-refractivity contribution in [2.45, 2.75) is 20.0 Å². The van der Waals surface area contributed by atoms with E-state index < -0.39 is 0 Å². The Labute approximate surface area is 202 Å². The number of anilines is 1. The van der Waals surface area contributed by atoms with Crippen LogP contribution in [-0.4, -0.2) is 53.1 Å². The maximum atomic E-state index is 4.91. The van der Waals surface area contributed by atoms with Crippen molar-refractivity contribution >= 4 is 35.6 Å². The van der Waals surface area contributed by atoms with Gasteiger partial charge in [0.1, 0.15) is 0 Å². The summed E-state index contributed by atoms with van der Waals surface area (Å²) in [6.45, 7) is 8.51. The van der Waals surface area contributed by atoms with Crippen LogP contribution in [-0.2, 0) is 13.1 Å². The van der Waals surface area contributed by atoms with E-state index in [1.165, 1.54) is 16.8 Å². The second kappa shape index (κ2) is 11.7. The van der Waals surface area contributed by atoms with E-state index in [9.17, 15) is 0 Å². The number of nitrogens with zero attached hydrogens (tertiary/aromatic N) is 5. The van der Waals surface area contributed by atoms with Crippen LogP contribution in [0.25, 0.3) is 0 Å². The molecule has 0 unspecified atom stereocenters. The summed E-state index contributed by atoms with van der Waals surface area (Å²) >= 11 is 0. The van der Waals surface area contributed by atoms with Crippen LogP contribution in [0.1, 0.15) is 18.1 Å².